The van der Waals surface area contributed by atoms with Crippen molar-refractivity contribution < 1.29 is 9.72 Å². The molecule has 114 valence electrons. The minimum atomic E-state index is -0.423. The normalized spacial score (nSPS) is 30.0. The number of carbonyl (C=O) groups is 1. The number of thioether (sulfide) groups is 1. The Morgan fingerprint density at radius 2 is 2.00 bits per heavy atom. The van der Waals surface area contributed by atoms with E-state index in [1.807, 2.05) is 0 Å². The summed E-state index contributed by atoms with van der Waals surface area (Å²) in [7, 11) is 0. The summed E-state index contributed by atoms with van der Waals surface area (Å²) in [6.45, 7) is 0. The van der Waals surface area contributed by atoms with Crippen LogP contribution in [0, 0.1) is 16.0 Å². The third-order valence-corrected chi connectivity index (χ3v) is 5.91. The minimum absolute atomic E-state index is 0.0552. The molecule has 1 saturated heterocycles. The van der Waals surface area contributed by atoms with Crippen molar-refractivity contribution in [3.63, 3.8) is 0 Å². The van der Waals surface area contributed by atoms with Crippen molar-refractivity contribution in [3.05, 3.63) is 50.4 Å². The van der Waals surface area contributed by atoms with Crippen LogP contribution in [0.2, 0.25) is 0 Å². The van der Waals surface area contributed by atoms with Crippen LogP contribution in [0.4, 0.5) is 5.69 Å². The molecule has 1 aromatic carbocycles. The van der Waals surface area contributed by atoms with Crippen molar-refractivity contribution in [2.75, 3.05) is 0 Å². The van der Waals surface area contributed by atoms with E-state index in [-0.39, 0.29) is 29.1 Å². The molecule has 2 aliphatic heterocycles. The maximum atomic E-state index is 12.5. The fourth-order valence-electron chi connectivity index (χ4n) is 3.44. The molecule has 6 nitrogen and oxygen atoms in total. The number of nitrogens with one attached hydrogen (secondary N) is 2. The minimum Gasteiger partial charge on any atom is -0.336 e. The lowest BCUT2D eigenvalue weighted by Crippen LogP contribution is -2.54. The van der Waals surface area contributed by atoms with Crippen molar-refractivity contribution in [3.8, 4) is 0 Å². The maximum absolute atomic E-state index is 12.5. The Morgan fingerprint density at radius 3 is 2.73 bits per heavy atom. The first kappa shape index (κ1) is 13.8. The van der Waals surface area contributed by atoms with Crippen LogP contribution in [0.5, 0.6) is 0 Å². The van der Waals surface area contributed by atoms with Gasteiger partial charge in [-0.1, -0.05) is 0 Å². The molecule has 3 atom stereocenters. The number of rotatable bonds is 2. The number of hydrogen-bond donors (Lipinski definition) is 2. The molecule has 2 N–H and O–H groups in total. The molecule has 7 heteroatoms. The van der Waals surface area contributed by atoms with E-state index in [9.17, 15) is 14.9 Å². The predicted octanol–water partition coefficient (Wildman–Crippen LogP) is 2.44. The van der Waals surface area contributed by atoms with Crippen LogP contribution in [0.15, 0.2) is 34.7 Å². The number of carbonyl (C=O) groups excluding carboxylic acids is 1. The van der Waals surface area contributed by atoms with Crippen LogP contribution in [0.1, 0.15) is 31.0 Å². The standard InChI is InChI=1S/C15H15N3O3S/c19-14-12-10-2-1-3-11(10)22-15(12)17-13(16-14)8-4-6-9(7-5-8)18(20)21/h4-7,12-13,15,17H,1-3H2,(H,16,19). The maximum Gasteiger partial charge on any atom is 0.269 e. The lowest BCUT2D eigenvalue weighted by atomic mass is 9.94. The van der Waals surface area contributed by atoms with Gasteiger partial charge in [0.2, 0.25) is 5.91 Å². The van der Waals surface area contributed by atoms with E-state index in [4.69, 9.17) is 0 Å². The van der Waals surface area contributed by atoms with E-state index >= 15 is 0 Å². The molecule has 3 aliphatic rings. The Hall–Kier alpha value is -1.86. The Kier molecular flexibility index (Phi) is 3.19. The molecule has 0 radical (unpaired) electrons. The quantitative estimate of drug-likeness (QED) is 0.646. The Bertz CT molecular complexity index is 686. The van der Waals surface area contributed by atoms with Gasteiger partial charge in [-0.25, -0.2) is 0 Å². The lowest BCUT2D eigenvalue weighted by Gasteiger charge is -2.34. The van der Waals surface area contributed by atoms with Crippen molar-refractivity contribution in [1.29, 1.82) is 0 Å². The second-order valence-corrected chi connectivity index (χ2v) is 7.01. The summed E-state index contributed by atoms with van der Waals surface area (Å²) in [5, 5.41) is 17.3. The van der Waals surface area contributed by atoms with E-state index in [1.165, 1.54) is 22.6 Å². The number of benzene rings is 1. The monoisotopic (exact) mass is 317 g/mol. The third kappa shape index (κ3) is 2.12. The second kappa shape index (κ2) is 5.10. The van der Waals surface area contributed by atoms with Crippen molar-refractivity contribution in [1.82, 2.24) is 10.6 Å². The molecule has 4 rings (SSSR count). The number of amides is 1. The second-order valence-electron chi connectivity index (χ2n) is 5.78. The Balaban J connectivity index is 1.54. The SMILES string of the molecule is O=C1NC(c2ccc([N+](=O)[O-])cc2)NC2SC3=C(CCC3)C12. The lowest BCUT2D eigenvalue weighted by molar-refractivity contribution is -0.384. The van der Waals surface area contributed by atoms with Gasteiger partial charge in [-0.3, -0.25) is 20.2 Å². The van der Waals surface area contributed by atoms with E-state index in [2.05, 4.69) is 10.6 Å². The first-order valence-corrected chi connectivity index (χ1v) is 8.21. The van der Waals surface area contributed by atoms with Crippen LogP contribution >= 0.6 is 11.8 Å². The van der Waals surface area contributed by atoms with E-state index in [0.29, 0.717) is 0 Å². The fraction of sp³-hybridized carbons (Fsp3) is 0.400. The molecule has 1 aromatic rings. The summed E-state index contributed by atoms with van der Waals surface area (Å²) in [6.07, 6.45) is 2.98. The average molecular weight is 317 g/mol. The van der Waals surface area contributed by atoms with E-state index < -0.39 is 4.92 Å². The molecule has 2 heterocycles. The van der Waals surface area contributed by atoms with Gasteiger partial charge < -0.3 is 5.32 Å². The molecule has 0 aromatic heterocycles. The summed E-state index contributed by atoms with van der Waals surface area (Å²) in [4.78, 5) is 24.1. The highest BCUT2D eigenvalue weighted by Gasteiger charge is 2.46. The zero-order valence-electron chi connectivity index (χ0n) is 11.7. The molecule has 0 spiro atoms. The highest BCUT2D eigenvalue weighted by Crippen LogP contribution is 2.50. The number of nitrogens with zero attached hydrogens (tertiary/aromatic N) is 1. The molecule has 1 aliphatic carbocycles. The fourth-order valence-corrected chi connectivity index (χ4v) is 5.02. The first-order valence-electron chi connectivity index (χ1n) is 7.33. The molecule has 0 saturated carbocycles. The van der Waals surface area contributed by atoms with Gasteiger partial charge in [-0.15, -0.1) is 11.8 Å². The Morgan fingerprint density at radius 1 is 1.23 bits per heavy atom. The van der Waals surface area contributed by atoms with Gasteiger partial charge in [0.15, 0.2) is 0 Å². The van der Waals surface area contributed by atoms with Gasteiger partial charge >= 0.3 is 0 Å². The van der Waals surface area contributed by atoms with Crippen molar-refractivity contribution >= 4 is 23.4 Å². The van der Waals surface area contributed by atoms with Gasteiger partial charge in [-0.05, 0) is 47.4 Å². The summed E-state index contributed by atoms with van der Waals surface area (Å²) < 4.78 is 0. The molecule has 22 heavy (non-hydrogen) atoms. The van der Waals surface area contributed by atoms with Crippen molar-refractivity contribution in [2.24, 2.45) is 5.92 Å². The zero-order valence-corrected chi connectivity index (χ0v) is 12.6. The number of fused-ring (bicyclic) bond motifs is 2. The molecule has 1 fully saturated rings. The van der Waals surface area contributed by atoms with Crippen LogP contribution < -0.4 is 10.6 Å². The largest absolute Gasteiger partial charge is 0.336 e. The summed E-state index contributed by atoms with van der Waals surface area (Å²) in [6, 6.07) is 6.32. The number of allylic oxidation sites excluding steroid dienone is 1. The Labute approximate surface area is 131 Å². The first-order chi connectivity index (χ1) is 10.6. The molecular weight excluding hydrogens is 302 g/mol. The van der Waals surface area contributed by atoms with Crippen LogP contribution in [0.25, 0.3) is 0 Å². The van der Waals surface area contributed by atoms with Crippen LogP contribution in [-0.4, -0.2) is 16.2 Å². The van der Waals surface area contributed by atoms with Gasteiger partial charge in [0.1, 0.15) is 6.17 Å². The highest BCUT2D eigenvalue weighted by atomic mass is 32.2. The number of nitro benzene ring substituents is 1. The van der Waals surface area contributed by atoms with Gasteiger partial charge in [-0.2, -0.15) is 0 Å². The summed E-state index contributed by atoms with van der Waals surface area (Å²) in [5.41, 5.74) is 2.20. The van der Waals surface area contributed by atoms with Gasteiger partial charge in [0.05, 0.1) is 16.2 Å². The highest BCUT2D eigenvalue weighted by molar-refractivity contribution is 8.04. The number of hydrogen-bond acceptors (Lipinski definition) is 5. The van der Waals surface area contributed by atoms with E-state index in [1.54, 1.807) is 23.9 Å². The summed E-state index contributed by atoms with van der Waals surface area (Å²) in [5.74, 6) is 0.00306. The summed E-state index contributed by atoms with van der Waals surface area (Å²) >= 11 is 1.77. The molecule has 1 amide bonds. The number of non-ortho nitro benzene ring substituents is 1. The van der Waals surface area contributed by atoms with Gasteiger partial charge in [0, 0.05) is 12.1 Å². The average Bonchev–Trinajstić information content (AvgIpc) is 3.07. The topological polar surface area (TPSA) is 84.3 Å². The molecule has 3 unspecified atom stereocenters. The van der Waals surface area contributed by atoms with Gasteiger partial charge in [0.25, 0.3) is 5.69 Å². The van der Waals surface area contributed by atoms with E-state index in [0.717, 1.165) is 24.8 Å². The smallest absolute Gasteiger partial charge is 0.269 e. The number of nitro groups is 1. The zero-order chi connectivity index (χ0) is 15.3. The predicted molar refractivity (Wildman–Crippen MR) is 82.9 cm³/mol. The van der Waals surface area contributed by atoms with Crippen molar-refractivity contribution in [2.45, 2.75) is 30.8 Å². The third-order valence-electron chi connectivity index (χ3n) is 4.49. The van der Waals surface area contributed by atoms with Crippen LogP contribution in [0.3, 0.4) is 0 Å². The molecule has 0 bridgehead atoms. The molecular formula is C15H15N3O3S. The van der Waals surface area contributed by atoms with Crippen LogP contribution in [-0.2, 0) is 4.79 Å².